The lowest BCUT2D eigenvalue weighted by Gasteiger charge is -2.10. The van der Waals surface area contributed by atoms with Gasteiger partial charge in [0.2, 0.25) is 0 Å². The zero-order valence-corrected chi connectivity index (χ0v) is 9.84. The van der Waals surface area contributed by atoms with Crippen LogP contribution in [0.25, 0.3) is 0 Å². The van der Waals surface area contributed by atoms with Crippen molar-refractivity contribution in [2.45, 2.75) is 13.3 Å². The summed E-state index contributed by atoms with van der Waals surface area (Å²) in [7, 11) is 0. The number of anilines is 1. The van der Waals surface area contributed by atoms with Crippen LogP contribution in [0.4, 0.5) is 5.69 Å². The summed E-state index contributed by atoms with van der Waals surface area (Å²) in [5, 5.41) is 3.67. The first-order valence-corrected chi connectivity index (χ1v) is 5.26. The molecule has 0 aliphatic rings. The lowest BCUT2D eigenvalue weighted by Crippen LogP contribution is -2.18. The highest BCUT2D eigenvalue weighted by Crippen LogP contribution is 2.17. The number of benzene rings is 1. The van der Waals surface area contributed by atoms with Gasteiger partial charge in [-0.2, -0.15) is 5.10 Å². The van der Waals surface area contributed by atoms with Gasteiger partial charge in [0.05, 0.1) is 5.69 Å². The molecule has 0 amide bonds. The van der Waals surface area contributed by atoms with E-state index in [-0.39, 0.29) is 0 Å². The molecule has 0 saturated carbocycles. The molecule has 1 rings (SSSR count). The molecule has 1 aromatic rings. The highest BCUT2D eigenvalue weighted by Gasteiger charge is 2.04. The van der Waals surface area contributed by atoms with Crippen LogP contribution in [-0.4, -0.2) is 11.3 Å². The van der Waals surface area contributed by atoms with Gasteiger partial charge >= 0.3 is 0 Å². The number of thiocarbonyl (C=S) groups is 1. The number of nitrogens with one attached hydrogen (secondary N) is 2. The summed E-state index contributed by atoms with van der Waals surface area (Å²) >= 11 is 5.14. The minimum atomic E-state index is 0.528. The van der Waals surface area contributed by atoms with Crippen molar-refractivity contribution in [3.63, 3.8) is 0 Å². The molecule has 0 saturated heterocycles. The second-order valence-electron chi connectivity index (χ2n) is 3.09. The van der Waals surface area contributed by atoms with Crippen molar-refractivity contribution < 1.29 is 0 Å². The Morgan fingerprint density at radius 1 is 1.56 bits per heavy atom. The first-order chi connectivity index (χ1) is 7.72. The molecule has 86 valence electrons. The Morgan fingerprint density at radius 3 is 2.88 bits per heavy atom. The van der Waals surface area contributed by atoms with Crippen LogP contribution in [0.5, 0.6) is 0 Å². The minimum absolute atomic E-state index is 0.528. The van der Waals surface area contributed by atoms with Crippen molar-refractivity contribution in [2.75, 3.05) is 5.43 Å². The molecule has 0 fully saturated rings. The average molecular weight is 237 g/mol. The van der Waals surface area contributed by atoms with Crippen LogP contribution in [0.3, 0.4) is 0 Å². The standard InChI is InChI=1S/C10H15N5S/c1-2-7-5-8(3-4-9(7)14-12)10(16)15-13-6-11/h3-6,14H,2,12H2,1H3,(H2,11,13)(H,15,16). The van der Waals surface area contributed by atoms with Gasteiger partial charge in [-0.05, 0) is 30.2 Å². The number of hydrazine groups is 1. The Balaban J connectivity index is 2.94. The second kappa shape index (κ2) is 6.04. The van der Waals surface area contributed by atoms with Crippen LogP contribution < -0.4 is 22.4 Å². The van der Waals surface area contributed by atoms with Crippen LogP contribution >= 0.6 is 12.2 Å². The van der Waals surface area contributed by atoms with Gasteiger partial charge in [-0.1, -0.05) is 19.1 Å². The van der Waals surface area contributed by atoms with Gasteiger partial charge in [-0.15, -0.1) is 0 Å². The third kappa shape index (κ3) is 2.91. The van der Waals surface area contributed by atoms with E-state index in [9.17, 15) is 0 Å². The van der Waals surface area contributed by atoms with E-state index in [0.717, 1.165) is 29.6 Å². The number of aryl methyl sites for hydroxylation is 1. The molecule has 0 bridgehead atoms. The summed E-state index contributed by atoms with van der Waals surface area (Å²) in [6.07, 6.45) is 2.03. The van der Waals surface area contributed by atoms with Gasteiger partial charge < -0.3 is 11.2 Å². The molecule has 0 atom stereocenters. The number of nitrogens with two attached hydrogens (primary N) is 2. The molecular formula is C10H15N5S. The second-order valence-corrected chi connectivity index (χ2v) is 3.50. The van der Waals surface area contributed by atoms with E-state index in [1.165, 1.54) is 0 Å². The largest absolute Gasteiger partial charge is 0.388 e. The Bertz CT molecular complexity index is 402. The summed E-state index contributed by atoms with van der Waals surface area (Å²) in [5.74, 6) is 5.39. The van der Waals surface area contributed by atoms with Crippen LogP contribution in [0.1, 0.15) is 18.1 Å². The van der Waals surface area contributed by atoms with E-state index >= 15 is 0 Å². The number of hydrogen-bond donors (Lipinski definition) is 4. The van der Waals surface area contributed by atoms with E-state index < -0.39 is 0 Å². The third-order valence-corrected chi connectivity index (χ3v) is 2.47. The average Bonchev–Trinajstić information content (AvgIpc) is 2.34. The summed E-state index contributed by atoms with van der Waals surface area (Å²) in [6, 6.07) is 5.72. The molecule has 6 N–H and O–H groups in total. The first kappa shape index (κ1) is 12.4. The molecule has 1 aromatic carbocycles. The maximum absolute atomic E-state index is 5.39. The molecule has 0 aliphatic carbocycles. The highest BCUT2D eigenvalue weighted by atomic mass is 32.1. The summed E-state index contributed by atoms with van der Waals surface area (Å²) in [5.41, 5.74) is 13.3. The monoisotopic (exact) mass is 237 g/mol. The fourth-order valence-corrected chi connectivity index (χ4v) is 1.51. The van der Waals surface area contributed by atoms with Gasteiger partial charge in [-0.25, -0.2) is 0 Å². The van der Waals surface area contributed by atoms with Crippen molar-refractivity contribution in [1.29, 1.82) is 0 Å². The Kier molecular flexibility index (Phi) is 4.68. The SMILES string of the molecule is CCc1cc(C(=S)N/N=C/N)ccc1NN. The minimum Gasteiger partial charge on any atom is -0.388 e. The molecule has 16 heavy (non-hydrogen) atoms. The topological polar surface area (TPSA) is 88.5 Å². The van der Waals surface area contributed by atoms with Crippen molar-refractivity contribution in [3.8, 4) is 0 Å². The van der Waals surface area contributed by atoms with Gasteiger partial charge in [0, 0.05) is 5.56 Å². The Morgan fingerprint density at radius 2 is 2.31 bits per heavy atom. The lowest BCUT2D eigenvalue weighted by molar-refractivity contribution is 1.05. The number of nitrogen functional groups attached to an aromatic ring is 1. The predicted octanol–water partition coefficient (Wildman–Crippen LogP) is 0.702. The zero-order chi connectivity index (χ0) is 12.0. The fourth-order valence-electron chi connectivity index (χ4n) is 1.33. The molecule has 5 nitrogen and oxygen atoms in total. The number of hydrogen-bond acceptors (Lipinski definition) is 4. The number of hydrazone groups is 1. The van der Waals surface area contributed by atoms with E-state index in [0.29, 0.717) is 4.99 Å². The van der Waals surface area contributed by atoms with Crippen LogP contribution in [0.15, 0.2) is 23.3 Å². The van der Waals surface area contributed by atoms with E-state index in [4.69, 9.17) is 23.8 Å². The fraction of sp³-hybridized carbons (Fsp3) is 0.200. The van der Waals surface area contributed by atoms with E-state index in [1.54, 1.807) is 0 Å². The normalized spacial score (nSPS) is 10.4. The van der Waals surface area contributed by atoms with Gasteiger partial charge in [0.1, 0.15) is 11.3 Å². The Labute approximate surface area is 99.9 Å². The molecule has 0 radical (unpaired) electrons. The van der Waals surface area contributed by atoms with Crippen molar-refractivity contribution >= 4 is 29.2 Å². The molecule has 0 heterocycles. The van der Waals surface area contributed by atoms with Crippen molar-refractivity contribution in [3.05, 3.63) is 29.3 Å². The van der Waals surface area contributed by atoms with Gasteiger partial charge in [-0.3, -0.25) is 11.3 Å². The van der Waals surface area contributed by atoms with Gasteiger partial charge in [0.25, 0.3) is 0 Å². The zero-order valence-electron chi connectivity index (χ0n) is 9.03. The van der Waals surface area contributed by atoms with Crippen LogP contribution in [-0.2, 0) is 6.42 Å². The maximum Gasteiger partial charge on any atom is 0.126 e. The van der Waals surface area contributed by atoms with Crippen LogP contribution in [0, 0.1) is 0 Å². The first-order valence-electron chi connectivity index (χ1n) is 4.86. The number of rotatable bonds is 4. The summed E-state index contributed by atoms with van der Waals surface area (Å²) in [6.45, 7) is 2.05. The maximum atomic E-state index is 5.39. The van der Waals surface area contributed by atoms with Crippen molar-refractivity contribution in [1.82, 2.24) is 5.43 Å². The van der Waals surface area contributed by atoms with Crippen LogP contribution in [0.2, 0.25) is 0 Å². The predicted molar refractivity (Wildman–Crippen MR) is 71.1 cm³/mol. The van der Waals surface area contributed by atoms with Crippen molar-refractivity contribution in [2.24, 2.45) is 16.7 Å². The van der Waals surface area contributed by atoms with Gasteiger partial charge in [0.15, 0.2) is 0 Å². The lowest BCUT2D eigenvalue weighted by atomic mass is 10.1. The number of nitrogens with zero attached hydrogens (tertiary/aromatic N) is 1. The van der Waals surface area contributed by atoms with E-state index in [2.05, 4.69) is 22.9 Å². The molecule has 6 heteroatoms. The molecule has 0 aliphatic heterocycles. The molecular weight excluding hydrogens is 222 g/mol. The molecule has 0 aromatic heterocycles. The Hall–Kier alpha value is -1.66. The third-order valence-electron chi connectivity index (χ3n) is 2.14. The highest BCUT2D eigenvalue weighted by molar-refractivity contribution is 7.80. The molecule has 0 spiro atoms. The summed E-state index contributed by atoms with van der Waals surface area (Å²) in [4.78, 5) is 0.528. The molecule has 0 unspecified atom stereocenters. The summed E-state index contributed by atoms with van der Waals surface area (Å²) < 4.78 is 0. The van der Waals surface area contributed by atoms with E-state index in [1.807, 2.05) is 18.2 Å². The quantitative estimate of drug-likeness (QED) is 0.203. The smallest absolute Gasteiger partial charge is 0.126 e.